The lowest BCUT2D eigenvalue weighted by Gasteiger charge is -2.44. The number of hydrogen-bond donors (Lipinski definition) is 1. The lowest BCUT2D eigenvalue weighted by molar-refractivity contribution is 0.00866. The maximum atomic E-state index is 13.6. The maximum absolute atomic E-state index is 13.6. The van der Waals surface area contributed by atoms with Crippen LogP contribution in [0.3, 0.4) is 0 Å². The number of amides is 1. The van der Waals surface area contributed by atoms with Crippen molar-refractivity contribution < 1.29 is 14.6 Å². The Morgan fingerprint density at radius 3 is 2.42 bits per heavy atom. The molecular formula is C26H34N2O3. The molecule has 2 aromatic rings. The Balaban J connectivity index is 1.55. The molecule has 1 N–H and O–H groups in total. The smallest absolute Gasteiger partial charge is 0.258 e. The van der Waals surface area contributed by atoms with Crippen LogP contribution in [-0.2, 0) is 0 Å². The molecule has 1 saturated carbocycles. The van der Waals surface area contributed by atoms with E-state index in [2.05, 4.69) is 24.0 Å². The second-order valence-corrected chi connectivity index (χ2v) is 8.93. The fourth-order valence-corrected chi connectivity index (χ4v) is 5.09. The Morgan fingerprint density at radius 1 is 1.03 bits per heavy atom. The molecule has 0 unspecified atom stereocenters. The molecule has 5 heteroatoms. The van der Waals surface area contributed by atoms with E-state index < -0.39 is 0 Å². The number of carbonyl (C=O) groups is 1. The molecular weight excluding hydrogens is 388 g/mol. The molecule has 166 valence electrons. The summed E-state index contributed by atoms with van der Waals surface area (Å²) < 4.78 is 5.34. The van der Waals surface area contributed by atoms with Gasteiger partial charge in [0.05, 0.1) is 13.2 Å². The third kappa shape index (κ3) is 4.94. The van der Waals surface area contributed by atoms with E-state index in [1.54, 1.807) is 7.11 Å². The van der Waals surface area contributed by atoms with Crippen LogP contribution in [0.4, 0.5) is 5.69 Å². The maximum Gasteiger partial charge on any atom is 0.258 e. The van der Waals surface area contributed by atoms with E-state index in [-0.39, 0.29) is 24.1 Å². The van der Waals surface area contributed by atoms with Crippen molar-refractivity contribution in [1.82, 2.24) is 4.90 Å². The van der Waals surface area contributed by atoms with Gasteiger partial charge in [-0.05, 0) is 62.9 Å². The number of likely N-dealkylation sites (tertiary alicyclic amines) is 1. The van der Waals surface area contributed by atoms with E-state index >= 15 is 0 Å². The normalized spacial score (nSPS) is 22.8. The van der Waals surface area contributed by atoms with Crippen LogP contribution >= 0.6 is 0 Å². The van der Waals surface area contributed by atoms with Gasteiger partial charge in [-0.3, -0.25) is 9.69 Å². The lowest BCUT2D eigenvalue weighted by atomic mass is 9.89. The highest BCUT2D eigenvalue weighted by atomic mass is 16.5. The number of aliphatic hydroxyl groups excluding tert-OH is 1. The zero-order valence-electron chi connectivity index (χ0n) is 18.7. The molecule has 0 aromatic heterocycles. The van der Waals surface area contributed by atoms with Gasteiger partial charge in [0.1, 0.15) is 5.75 Å². The topological polar surface area (TPSA) is 53.0 Å². The lowest BCUT2D eigenvalue weighted by Crippen LogP contribution is -2.53. The first-order chi connectivity index (χ1) is 15.1. The molecule has 2 fully saturated rings. The first-order valence-electron chi connectivity index (χ1n) is 11.5. The number of nitrogens with zero attached hydrogens (tertiary/aromatic N) is 2. The van der Waals surface area contributed by atoms with Gasteiger partial charge >= 0.3 is 0 Å². The van der Waals surface area contributed by atoms with E-state index in [0.29, 0.717) is 11.3 Å². The van der Waals surface area contributed by atoms with Crippen molar-refractivity contribution in [3.8, 4) is 5.75 Å². The van der Waals surface area contributed by atoms with Gasteiger partial charge in [0, 0.05) is 36.4 Å². The highest BCUT2D eigenvalue weighted by Gasteiger charge is 2.35. The van der Waals surface area contributed by atoms with E-state index in [9.17, 15) is 9.90 Å². The summed E-state index contributed by atoms with van der Waals surface area (Å²) in [6.07, 6.45) is 5.93. The fraction of sp³-hybridized carbons (Fsp3) is 0.500. The number of carbonyl (C=O) groups excluding carboxylic acids is 1. The second kappa shape index (κ2) is 9.84. The number of ether oxygens (including phenoxy) is 1. The molecule has 4 rings (SSSR count). The predicted molar refractivity (Wildman–Crippen MR) is 124 cm³/mol. The average Bonchev–Trinajstić information content (AvgIpc) is 2.81. The highest BCUT2D eigenvalue weighted by Crippen LogP contribution is 2.30. The van der Waals surface area contributed by atoms with Crippen molar-refractivity contribution in [1.29, 1.82) is 0 Å². The van der Waals surface area contributed by atoms with Crippen molar-refractivity contribution in [2.24, 2.45) is 0 Å². The molecule has 1 aliphatic carbocycles. The van der Waals surface area contributed by atoms with Gasteiger partial charge in [-0.25, -0.2) is 0 Å². The van der Waals surface area contributed by atoms with Crippen LogP contribution in [0.5, 0.6) is 5.75 Å². The number of aryl methyl sites for hydroxylation is 1. The van der Waals surface area contributed by atoms with Crippen LogP contribution in [0.2, 0.25) is 0 Å². The average molecular weight is 423 g/mol. The number of hydrogen-bond acceptors (Lipinski definition) is 4. The molecule has 1 saturated heterocycles. The molecule has 2 atom stereocenters. The van der Waals surface area contributed by atoms with E-state index in [0.717, 1.165) is 50.9 Å². The summed E-state index contributed by atoms with van der Waals surface area (Å²) in [5.74, 6) is 0.703. The van der Waals surface area contributed by atoms with Gasteiger partial charge in [-0.15, -0.1) is 0 Å². The van der Waals surface area contributed by atoms with Crippen LogP contribution < -0.4 is 9.64 Å². The largest absolute Gasteiger partial charge is 0.497 e. The summed E-state index contributed by atoms with van der Waals surface area (Å²) in [5, 5.41) is 10.5. The molecule has 1 amide bonds. The Morgan fingerprint density at radius 2 is 1.74 bits per heavy atom. The predicted octanol–water partition coefficient (Wildman–Crippen LogP) is 4.42. The standard InChI is InChI=1S/C26H34N2O3/c1-19-10-12-21(13-11-19)28(26(30)20-6-5-7-23(18-20)31-2)22-14-16-27(17-15-22)24-8-3-4-9-25(24)29/h5-7,10-13,18,22,24-25,29H,3-4,8-9,14-17H2,1-2H3/t24-,25-/m1/s1. The van der Waals surface area contributed by atoms with Crippen LogP contribution in [0.15, 0.2) is 48.5 Å². The fourth-order valence-electron chi connectivity index (χ4n) is 5.09. The zero-order valence-corrected chi connectivity index (χ0v) is 18.7. The minimum atomic E-state index is -0.211. The SMILES string of the molecule is COc1cccc(C(=O)N(c2ccc(C)cc2)C2CCN([C@@H]3CCCC[C@H]3O)CC2)c1. The number of aliphatic hydroxyl groups is 1. The first kappa shape index (κ1) is 21.8. The van der Waals surface area contributed by atoms with Crippen molar-refractivity contribution in [3.63, 3.8) is 0 Å². The molecule has 1 aliphatic heterocycles. The summed E-state index contributed by atoms with van der Waals surface area (Å²) in [5.41, 5.74) is 2.76. The van der Waals surface area contributed by atoms with Crippen molar-refractivity contribution in [2.45, 2.75) is 63.6 Å². The minimum absolute atomic E-state index is 0.0129. The number of rotatable bonds is 5. The van der Waals surface area contributed by atoms with E-state index in [1.165, 1.54) is 12.0 Å². The molecule has 0 bridgehead atoms. The molecule has 2 aliphatic rings. The summed E-state index contributed by atoms with van der Waals surface area (Å²) in [6, 6.07) is 16.0. The van der Waals surface area contributed by atoms with Crippen LogP contribution in [0.25, 0.3) is 0 Å². The first-order valence-corrected chi connectivity index (χ1v) is 11.5. The van der Waals surface area contributed by atoms with Crippen LogP contribution in [0, 0.1) is 6.92 Å². The Labute approximate surface area is 185 Å². The number of methoxy groups -OCH3 is 1. The molecule has 5 nitrogen and oxygen atoms in total. The monoisotopic (exact) mass is 422 g/mol. The van der Waals surface area contributed by atoms with E-state index in [4.69, 9.17) is 4.74 Å². The molecule has 0 radical (unpaired) electrons. The van der Waals surface area contributed by atoms with Gasteiger partial charge in [0.2, 0.25) is 0 Å². The van der Waals surface area contributed by atoms with Gasteiger partial charge in [0.15, 0.2) is 0 Å². The van der Waals surface area contributed by atoms with Gasteiger partial charge in [0.25, 0.3) is 5.91 Å². The third-order valence-corrected chi connectivity index (χ3v) is 6.87. The summed E-state index contributed by atoms with van der Waals surface area (Å²) >= 11 is 0. The summed E-state index contributed by atoms with van der Waals surface area (Å²) in [4.78, 5) is 18.1. The molecule has 1 heterocycles. The van der Waals surface area contributed by atoms with Crippen molar-refractivity contribution >= 4 is 11.6 Å². The van der Waals surface area contributed by atoms with Gasteiger partial charge < -0.3 is 14.7 Å². The van der Waals surface area contributed by atoms with Crippen LogP contribution in [-0.4, -0.2) is 54.3 Å². The van der Waals surface area contributed by atoms with Gasteiger partial charge in [-0.1, -0.05) is 36.6 Å². The second-order valence-electron chi connectivity index (χ2n) is 8.93. The van der Waals surface area contributed by atoms with Crippen molar-refractivity contribution in [3.05, 3.63) is 59.7 Å². The van der Waals surface area contributed by atoms with Gasteiger partial charge in [-0.2, -0.15) is 0 Å². The molecule has 0 spiro atoms. The summed E-state index contributed by atoms with van der Waals surface area (Å²) in [7, 11) is 1.62. The van der Waals surface area contributed by atoms with Crippen LogP contribution in [0.1, 0.15) is 54.4 Å². The third-order valence-electron chi connectivity index (χ3n) is 6.87. The molecule has 2 aromatic carbocycles. The minimum Gasteiger partial charge on any atom is -0.497 e. The van der Waals surface area contributed by atoms with Crippen molar-refractivity contribution in [2.75, 3.05) is 25.1 Å². The quantitative estimate of drug-likeness (QED) is 0.775. The summed E-state index contributed by atoms with van der Waals surface area (Å²) in [6.45, 7) is 3.90. The number of anilines is 1. The highest BCUT2D eigenvalue weighted by molar-refractivity contribution is 6.06. The molecule has 31 heavy (non-hydrogen) atoms. The Hall–Kier alpha value is -2.37. The Kier molecular flexibility index (Phi) is 6.93. The Bertz CT molecular complexity index is 874. The number of benzene rings is 2. The van der Waals surface area contributed by atoms with E-state index in [1.807, 2.05) is 41.3 Å². The number of piperidine rings is 1. The zero-order chi connectivity index (χ0) is 21.8.